The fourth-order valence-corrected chi connectivity index (χ4v) is 4.43. The Morgan fingerprint density at radius 3 is 1.91 bits per heavy atom. The second-order valence-electron chi connectivity index (χ2n) is 8.11. The fraction of sp³-hybridized carbons (Fsp3) is 0.333. The molecule has 0 saturated carbocycles. The van der Waals surface area contributed by atoms with Crippen LogP contribution in [0.25, 0.3) is 0 Å². The highest BCUT2D eigenvalue weighted by molar-refractivity contribution is 6.31. The lowest BCUT2D eigenvalue weighted by Gasteiger charge is -2.31. The molecule has 0 aliphatic heterocycles. The van der Waals surface area contributed by atoms with Gasteiger partial charge in [0.05, 0.1) is 31.9 Å². The van der Waals surface area contributed by atoms with Gasteiger partial charge in [-0.15, -0.1) is 0 Å². The Balaban J connectivity index is 2.01. The summed E-state index contributed by atoms with van der Waals surface area (Å²) >= 11 is 6.72. The molecule has 0 aromatic heterocycles. The van der Waals surface area contributed by atoms with Gasteiger partial charge in [-0.2, -0.15) is 0 Å². The molecule has 176 valence electrons. The molecule has 0 bridgehead atoms. The lowest BCUT2D eigenvalue weighted by Crippen LogP contribution is -2.36. The Morgan fingerprint density at radius 2 is 1.36 bits per heavy atom. The molecule has 0 saturated heterocycles. The Morgan fingerprint density at radius 1 is 0.788 bits per heavy atom. The number of nitrogens with one attached hydrogen (secondary N) is 1. The lowest BCUT2D eigenvalue weighted by atomic mass is 9.93. The molecule has 33 heavy (non-hydrogen) atoms. The SMILES string of the molecule is C[C@H](NC(c1ccccc1)c1cc(C(CO)N(CCO)CCO)ccc1Cl)c1ccccc1. The second-order valence-corrected chi connectivity index (χ2v) is 8.51. The van der Waals surface area contributed by atoms with Crippen molar-refractivity contribution >= 4 is 11.6 Å². The first-order valence-corrected chi connectivity index (χ1v) is 11.7. The van der Waals surface area contributed by atoms with Gasteiger partial charge in [0.25, 0.3) is 0 Å². The van der Waals surface area contributed by atoms with Crippen molar-refractivity contribution in [1.82, 2.24) is 10.2 Å². The van der Waals surface area contributed by atoms with E-state index in [1.54, 1.807) is 0 Å². The van der Waals surface area contributed by atoms with Crippen molar-refractivity contribution in [2.24, 2.45) is 0 Å². The Bertz CT molecular complexity index is 966. The van der Waals surface area contributed by atoms with Gasteiger partial charge in [0.15, 0.2) is 0 Å². The highest BCUT2D eigenvalue weighted by atomic mass is 35.5. The van der Waals surface area contributed by atoms with Crippen molar-refractivity contribution in [1.29, 1.82) is 0 Å². The maximum Gasteiger partial charge on any atom is 0.0628 e. The highest BCUT2D eigenvalue weighted by Crippen LogP contribution is 2.34. The standard InChI is InChI=1S/C27H33ClN2O3/c1-20(21-8-4-2-5-9-21)29-27(22-10-6-3-7-11-22)24-18-23(12-13-25(24)28)26(19-33)30(14-16-31)15-17-32/h2-13,18,20,26-27,29,31-33H,14-17,19H2,1H3/t20-,26?,27?/m0/s1. The number of rotatable bonds is 12. The van der Waals surface area contributed by atoms with Crippen LogP contribution in [0.15, 0.2) is 78.9 Å². The van der Waals surface area contributed by atoms with E-state index in [2.05, 4.69) is 36.5 Å². The van der Waals surface area contributed by atoms with Crippen LogP contribution < -0.4 is 5.32 Å². The molecule has 0 radical (unpaired) electrons. The topological polar surface area (TPSA) is 76.0 Å². The van der Waals surface area contributed by atoms with Crippen molar-refractivity contribution in [2.45, 2.75) is 25.0 Å². The van der Waals surface area contributed by atoms with Crippen molar-refractivity contribution in [3.8, 4) is 0 Å². The molecule has 0 heterocycles. The van der Waals surface area contributed by atoms with Crippen molar-refractivity contribution < 1.29 is 15.3 Å². The molecular weight excluding hydrogens is 436 g/mol. The normalized spacial score (nSPS) is 14.2. The number of nitrogens with zero attached hydrogens (tertiary/aromatic N) is 1. The third-order valence-electron chi connectivity index (χ3n) is 5.95. The van der Waals surface area contributed by atoms with E-state index in [9.17, 15) is 15.3 Å². The zero-order valence-electron chi connectivity index (χ0n) is 18.9. The average Bonchev–Trinajstić information content (AvgIpc) is 2.85. The molecule has 3 aromatic carbocycles. The summed E-state index contributed by atoms with van der Waals surface area (Å²) in [5.41, 5.74) is 4.06. The van der Waals surface area contributed by atoms with Crippen molar-refractivity contribution in [3.05, 3.63) is 106 Å². The van der Waals surface area contributed by atoms with Crippen LogP contribution in [0.1, 0.15) is 47.3 Å². The predicted molar refractivity (Wildman–Crippen MR) is 133 cm³/mol. The minimum atomic E-state index is -0.358. The molecule has 3 aromatic rings. The summed E-state index contributed by atoms with van der Waals surface area (Å²) in [4.78, 5) is 1.88. The highest BCUT2D eigenvalue weighted by Gasteiger charge is 2.24. The quantitative estimate of drug-likeness (QED) is 0.322. The van der Waals surface area contributed by atoms with Crippen LogP contribution in [0.2, 0.25) is 5.02 Å². The van der Waals surface area contributed by atoms with Crippen LogP contribution in [-0.2, 0) is 0 Å². The van der Waals surface area contributed by atoms with Gasteiger partial charge in [0, 0.05) is 24.2 Å². The molecule has 3 atom stereocenters. The van der Waals surface area contributed by atoms with Crippen molar-refractivity contribution in [3.63, 3.8) is 0 Å². The van der Waals surface area contributed by atoms with E-state index in [4.69, 9.17) is 11.6 Å². The molecule has 0 amide bonds. The largest absolute Gasteiger partial charge is 0.395 e. The first-order chi connectivity index (χ1) is 16.1. The Hall–Kier alpha value is -2.25. The molecule has 6 heteroatoms. The summed E-state index contributed by atoms with van der Waals surface area (Å²) in [6, 6.07) is 25.7. The monoisotopic (exact) mass is 468 g/mol. The molecular formula is C27H33ClN2O3. The van der Waals surface area contributed by atoms with Crippen molar-refractivity contribution in [2.75, 3.05) is 32.9 Å². The first kappa shape index (κ1) is 25.4. The van der Waals surface area contributed by atoms with Gasteiger partial charge in [-0.3, -0.25) is 10.2 Å². The van der Waals surface area contributed by atoms with E-state index in [1.165, 1.54) is 5.56 Å². The number of hydrogen-bond donors (Lipinski definition) is 4. The summed E-state index contributed by atoms with van der Waals surface area (Å²) in [5, 5.41) is 33.4. The van der Waals surface area contributed by atoms with E-state index in [0.717, 1.165) is 16.7 Å². The third kappa shape index (κ3) is 6.64. The molecule has 0 aliphatic rings. The van der Waals surface area contributed by atoms with Gasteiger partial charge in [0.1, 0.15) is 0 Å². The molecule has 2 unspecified atom stereocenters. The summed E-state index contributed by atoms with van der Waals surface area (Å²) in [7, 11) is 0. The van der Waals surface area contributed by atoms with E-state index in [0.29, 0.717) is 18.1 Å². The van der Waals surface area contributed by atoms with Gasteiger partial charge in [-0.05, 0) is 35.2 Å². The molecule has 5 nitrogen and oxygen atoms in total. The summed E-state index contributed by atoms with van der Waals surface area (Å²) in [6.07, 6.45) is 0. The molecule has 0 spiro atoms. The van der Waals surface area contributed by atoms with E-state index < -0.39 is 0 Å². The van der Waals surface area contributed by atoms with Crippen LogP contribution in [0.4, 0.5) is 0 Å². The van der Waals surface area contributed by atoms with Gasteiger partial charge < -0.3 is 15.3 Å². The predicted octanol–water partition coefficient (Wildman–Crippen LogP) is 4.10. The molecule has 0 fully saturated rings. The number of hydrogen-bond acceptors (Lipinski definition) is 5. The molecule has 3 rings (SSSR count). The number of aliphatic hydroxyl groups is 3. The van der Waals surface area contributed by atoms with Crippen LogP contribution in [0.5, 0.6) is 0 Å². The maximum atomic E-state index is 10.2. The summed E-state index contributed by atoms with van der Waals surface area (Å²) < 4.78 is 0. The number of aliphatic hydroxyl groups excluding tert-OH is 3. The van der Waals surface area contributed by atoms with E-state index in [1.807, 2.05) is 59.5 Å². The molecule has 4 N–H and O–H groups in total. The van der Waals surface area contributed by atoms with Crippen LogP contribution >= 0.6 is 11.6 Å². The van der Waals surface area contributed by atoms with E-state index >= 15 is 0 Å². The second kappa shape index (κ2) is 12.8. The zero-order chi connectivity index (χ0) is 23.6. The van der Waals surface area contributed by atoms with Gasteiger partial charge in [0.2, 0.25) is 0 Å². The Labute approximate surface area is 201 Å². The smallest absolute Gasteiger partial charge is 0.0628 e. The average molecular weight is 469 g/mol. The summed E-state index contributed by atoms with van der Waals surface area (Å²) in [5.74, 6) is 0. The van der Waals surface area contributed by atoms with Gasteiger partial charge in [-0.1, -0.05) is 84.4 Å². The summed E-state index contributed by atoms with van der Waals surface area (Å²) in [6.45, 7) is 2.60. The van der Waals surface area contributed by atoms with Gasteiger partial charge >= 0.3 is 0 Å². The Kier molecular flexibility index (Phi) is 9.88. The zero-order valence-corrected chi connectivity index (χ0v) is 19.7. The third-order valence-corrected chi connectivity index (χ3v) is 6.30. The minimum absolute atomic E-state index is 0.0558. The molecule has 0 aliphatic carbocycles. The van der Waals surface area contributed by atoms with E-state index in [-0.39, 0.29) is 37.9 Å². The minimum Gasteiger partial charge on any atom is -0.395 e. The number of halogens is 1. The lowest BCUT2D eigenvalue weighted by molar-refractivity contribution is 0.0839. The van der Waals surface area contributed by atoms with Gasteiger partial charge in [-0.25, -0.2) is 0 Å². The van der Waals surface area contributed by atoms with Crippen LogP contribution in [-0.4, -0.2) is 53.1 Å². The first-order valence-electron chi connectivity index (χ1n) is 11.3. The maximum absolute atomic E-state index is 10.2. The fourth-order valence-electron chi connectivity index (χ4n) is 4.20. The van der Waals surface area contributed by atoms with Crippen LogP contribution in [0.3, 0.4) is 0 Å². The number of benzene rings is 3. The van der Waals surface area contributed by atoms with Crippen LogP contribution in [0, 0.1) is 0 Å².